The molecule has 2 heterocycles. The van der Waals surface area contributed by atoms with Crippen molar-refractivity contribution in [2.45, 2.75) is 31.1 Å². The zero-order valence-electron chi connectivity index (χ0n) is 18.2. The second-order valence-electron chi connectivity index (χ2n) is 8.59. The van der Waals surface area contributed by atoms with Crippen LogP contribution in [-0.4, -0.2) is 50.8 Å². The number of nitrogens with one attached hydrogen (secondary N) is 1. The molecule has 0 radical (unpaired) electrons. The average Bonchev–Trinajstić information content (AvgIpc) is 3.24. The summed E-state index contributed by atoms with van der Waals surface area (Å²) in [6, 6.07) is 17.8. The van der Waals surface area contributed by atoms with Crippen LogP contribution in [0.25, 0.3) is 0 Å². The molecule has 0 aromatic heterocycles. The number of halogens is 2. The van der Waals surface area contributed by atoms with Crippen LogP contribution < -0.4 is 5.32 Å². The molecule has 4 rings (SSSR count). The molecule has 2 aromatic rings. The number of guanidine groups is 1. The fourth-order valence-corrected chi connectivity index (χ4v) is 4.87. The first kappa shape index (κ1) is 24.0. The molecule has 2 fully saturated rings. The smallest absolute Gasteiger partial charge is 0.193 e. The van der Waals surface area contributed by atoms with Crippen LogP contribution >= 0.6 is 24.0 Å². The van der Waals surface area contributed by atoms with Gasteiger partial charge in [0, 0.05) is 45.3 Å². The van der Waals surface area contributed by atoms with Crippen molar-refractivity contribution in [2.24, 2.45) is 10.9 Å². The van der Waals surface area contributed by atoms with E-state index in [1.807, 2.05) is 19.2 Å². The Morgan fingerprint density at radius 2 is 1.94 bits per heavy atom. The lowest BCUT2D eigenvalue weighted by Crippen LogP contribution is -2.49. The normalized spacial score (nSPS) is 20.9. The summed E-state index contributed by atoms with van der Waals surface area (Å²) in [5.74, 6) is 1.42. The van der Waals surface area contributed by atoms with Crippen LogP contribution in [0.15, 0.2) is 59.6 Å². The van der Waals surface area contributed by atoms with Gasteiger partial charge in [0.2, 0.25) is 0 Å². The predicted octanol–water partition coefficient (Wildman–Crippen LogP) is 4.63. The number of rotatable bonds is 5. The van der Waals surface area contributed by atoms with Crippen LogP contribution in [0.2, 0.25) is 0 Å². The van der Waals surface area contributed by atoms with Gasteiger partial charge in [0.25, 0.3) is 0 Å². The van der Waals surface area contributed by atoms with E-state index in [2.05, 4.69) is 45.5 Å². The molecule has 0 aliphatic carbocycles. The summed E-state index contributed by atoms with van der Waals surface area (Å²) in [6.07, 6.45) is 4.06. The van der Waals surface area contributed by atoms with Gasteiger partial charge in [-0.2, -0.15) is 0 Å². The number of ether oxygens (including phenoxy) is 1. The largest absolute Gasteiger partial charge is 0.381 e. The van der Waals surface area contributed by atoms with Crippen LogP contribution in [0.3, 0.4) is 0 Å². The summed E-state index contributed by atoms with van der Waals surface area (Å²) < 4.78 is 19.6. The van der Waals surface area contributed by atoms with Crippen LogP contribution in [-0.2, 0) is 16.6 Å². The topological polar surface area (TPSA) is 36.9 Å². The quantitative estimate of drug-likeness (QED) is 0.344. The highest BCUT2D eigenvalue weighted by molar-refractivity contribution is 14.0. The fourth-order valence-electron chi connectivity index (χ4n) is 4.87. The van der Waals surface area contributed by atoms with Crippen molar-refractivity contribution in [3.8, 4) is 0 Å². The Hall–Kier alpha value is -1.67. The third kappa shape index (κ3) is 5.98. The van der Waals surface area contributed by atoms with Crippen LogP contribution in [0.4, 0.5) is 4.39 Å². The highest BCUT2D eigenvalue weighted by atomic mass is 127. The van der Waals surface area contributed by atoms with E-state index in [1.165, 1.54) is 18.1 Å². The Morgan fingerprint density at radius 1 is 1.16 bits per heavy atom. The molecule has 4 nitrogen and oxygen atoms in total. The number of nitrogens with zero attached hydrogens (tertiary/aromatic N) is 2. The molecule has 2 aliphatic heterocycles. The highest BCUT2D eigenvalue weighted by Crippen LogP contribution is 2.34. The second kappa shape index (κ2) is 11.3. The van der Waals surface area contributed by atoms with Crippen molar-refractivity contribution in [2.75, 3.05) is 39.9 Å². The summed E-state index contributed by atoms with van der Waals surface area (Å²) in [5, 5.41) is 3.62. The molecule has 1 unspecified atom stereocenters. The molecule has 31 heavy (non-hydrogen) atoms. The molecule has 0 saturated carbocycles. The van der Waals surface area contributed by atoms with E-state index in [0.29, 0.717) is 19.1 Å². The molecule has 2 aliphatic rings. The first-order valence-electron chi connectivity index (χ1n) is 11.0. The number of likely N-dealkylation sites (tertiary alicyclic amines) is 1. The first-order valence-corrected chi connectivity index (χ1v) is 11.0. The summed E-state index contributed by atoms with van der Waals surface area (Å²) in [6.45, 7) is 4.20. The van der Waals surface area contributed by atoms with Gasteiger partial charge in [-0.3, -0.25) is 4.99 Å². The lowest BCUT2D eigenvalue weighted by molar-refractivity contribution is 0.0511. The van der Waals surface area contributed by atoms with Crippen molar-refractivity contribution in [3.05, 3.63) is 71.5 Å². The summed E-state index contributed by atoms with van der Waals surface area (Å²) in [7, 11) is 1.85. The predicted molar refractivity (Wildman–Crippen MR) is 135 cm³/mol. The van der Waals surface area contributed by atoms with Gasteiger partial charge in [-0.05, 0) is 54.9 Å². The zero-order valence-corrected chi connectivity index (χ0v) is 20.6. The lowest BCUT2D eigenvalue weighted by atomic mass is 9.74. The van der Waals surface area contributed by atoms with E-state index < -0.39 is 0 Å². The molecule has 2 saturated heterocycles. The molecular formula is C25H33FIN3O. The van der Waals surface area contributed by atoms with Gasteiger partial charge >= 0.3 is 0 Å². The van der Waals surface area contributed by atoms with Crippen LogP contribution in [0, 0.1) is 11.7 Å². The summed E-state index contributed by atoms with van der Waals surface area (Å²) in [5.41, 5.74) is 2.33. The van der Waals surface area contributed by atoms with Gasteiger partial charge in [-0.15, -0.1) is 24.0 Å². The fraction of sp³-hybridized carbons (Fsp3) is 0.480. The highest BCUT2D eigenvalue weighted by Gasteiger charge is 2.35. The minimum absolute atomic E-state index is 0. The van der Waals surface area contributed by atoms with E-state index in [1.54, 1.807) is 6.07 Å². The molecule has 168 valence electrons. The van der Waals surface area contributed by atoms with E-state index in [4.69, 9.17) is 4.74 Å². The van der Waals surface area contributed by atoms with Gasteiger partial charge in [0.15, 0.2) is 5.96 Å². The second-order valence-corrected chi connectivity index (χ2v) is 8.59. The number of hydrogen-bond acceptors (Lipinski definition) is 2. The van der Waals surface area contributed by atoms with Crippen LogP contribution in [0.5, 0.6) is 0 Å². The standard InChI is InChI=1S/C25H32FN3O.HI/c1-27-24(29-13-10-21(18-29)16-20-6-3-2-4-7-20)28-19-25(11-14-30-15-12-25)22-8-5-9-23(26)17-22;/h2-9,17,21H,10-16,18-19H2,1H3,(H,27,28);1H. The van der Waals surface area contributed by atoms with E-state index in [-0.39, 0.29) is 35.2 Å². The first-order chi connectivity index (χ1) is 14.7. The molecular weight excluding hydrogens is 504 g/mol. The molecule has 0 bridgehead atoms. The Balaban J connectivity index is 0.00000272. The molecule has 6 heteroatoms. The van der Waals surface area contributed by atoms with Crippen molar-refractivity contribution in [1.29, 1.82) is 0 Å². The van der Waals surface area contributed by atoms with Gasteiger partial charge in [-0.1, -0.05) is 42.5 Å². The Kier molecular flexibility index (Phi) is 8.72. The summed E-state index contributed by atoms with van der Waals surface area (Å²) in [4.78, 5) is 6.93. The molecule has 0 spiro atoms. The average molecular weight is 537 g/mol. The zero-order chi connectivity index (χ0) is 20.8. The number of hydrogen-bond donors (Lipinski definition) is 1. The number of benzene rings is 2. The maximum Gasteiger partial charge on any atom is 0.193 e. The van der Waals surface area contributed by atoms with E-state index >= 15 is 0 Å². The van der Waals surface area contributed by atoms with Gasteiger partial charge < -0.3 is 15.0 Å². The maximum atomic E-state index is 13.9. The Bertz CT molecular complexity index is 855. The van der Waals surface area contributed by atoms with Crippen molar-refractivity contribution in [1.82, 2.24) is 10.2 Å². The van der Waals surface area contributed by atoms with Gasteiger partial charge in [0.1, 0.15) is 5.82 Å². The number of aliphatic imine (C=N–C) groups is 1. The SMILES string of the molecule is CN=C(NCC1(c2cccc(F)c2)CCOCC1)N1CCC(Cc2ccccc2)C1.I. The van der Waals surface area contributed by atoms with Crippen LogP contribution in [0.1, 0.15) is 30.4 Å². The van der Waals surface area contributed by atoms with Crippen molar-refractivity contribution in [3.63, 3.8) is 0 Å². The molecule has 1 N–H and O–H groups in total. The molecule has 1 atom stereocenters. The van der Waals surface area contributed by atoms with Crippen molar-refractivity contribution >= 4 is 29.9 Å². The lowest BCUT2D eigenvalue weighted by Gasteiger charge is -2.39. The third-order valence-electron chi connectivity index (χ3n) is 6.64. The third-order valence-corrected chi connectivity index (χ3v) is 6.64. The maximum absolute atomic E-state index is 13.9. The monoisotopic (exact) mass is 537 g/mol. The molecule has 0 amide bonds. The van der Waals surface area contributed by atoms with E-state index in [9.17, 15) is 4.39 Å². The van der Waals surface area contributed by atoms with E-state index in [0.717, 1.165) is 50.4 Å². The minimum atomic E-state index is -0.175. The minimum Gasteiger partial charge on any atom is -0.381 e. The van der Waals surface area contributed by atoms with Gasteiger partial charge in [-0.25, -0.2) is 4.39 Å². The Labute approximate surface area is 202 Å². The van der Waals surface area contributed by atoms with Gasteiger partial charge in [0.05, 0.1) is 0 Å². The molecule has 2 aromatic carbocycles. The Morgan fingerprint density at radius 3 is 2.65 bits per heavy atom. The summed E-state index contributed by atoms with van der Waals surface area (Å²) >= 11 is 0. The van der Waals surface area contributed by atoms with Crippen molar-refractivity contribution < 1.29 is 9.13 Å².